The summed E-state index contributed by atoms with van der Waals surface area (Å²) in [6.45, 7) is 1.06. The average Bonchev–Trinajstić information content (AvgIpc) is 3.39. The monoisotopic (exact) mass is 368 g/mol. The fraction of sp³-hybridized carbons (Fsp3) is 0.350. The molecule has 0 spiro atoms. The SMILES string of the molecule is O=C1CCC(=O)N1Cc1ccc(C(=O)N2CCC[C@H]2c2cccs2)cc1. The first-order chi connectivity index (χ1) is 12.6. The minimum absolute atomic E-state index is 0.0424. The summed E-state index contributed by atoms with van der Waals surface area (Å²) < 4.78 is 0. The maximum atomic E-state index is 12.9. The molecule has 0 bridgehead atoms. The first kappa shape index (κ1) is 17.0. The van der Waals surface area contributed by atoms with Gasteiger partial charge in [-0.1, -0.05) is 18.2 Å². The topological polar surface area (TPSA) is 57.7 Å². The van der Waals surface area contributed by atoms with Crippen LogP contribution in [-0.4, -0.2) is 34.1 Å². The Kier molecular flexibility index (Phi) is 4.59. The van der Waals surface area contributed by atoms with E-state index in [2.05, 4.69) is 6.07 Å². The van der Waals surface area contributed by atoms with Crippen molar-refractivity contribution in [3.8, 4) is 0 Å². The quantitative estimate of drug-likeness (QED) is 0.778. The molecule has 2 aromatic rings. The van der Waals surface area contributed by atoms with Crippen LogP contribution in [0.5, 0.6) is 0 Å². The van der Waals surface area contributed by atoms with Crippen LogP contribution in [0.15, 0.2) is 41.8 Å². The van der Waals surface area contributed by atoms with E-state index in [1.165, 1.54) is 9.78 Å². The van der Waals surface area contributed by atoms with E-state index in [1.54, 1.807) is 23.5 Å². The Balaban J connectivity index is 1.47. The third-order valence-corrected chi connectivity index (χ3v) is 6.06. The molecule has 0 unspecified atom stereocenters. The molecule has 1 atom stereocenters. The van der Waals surface area contributed by atoms with Crippen molar-refractivity contribution in [3.05, 3.63) is 57.8 Å². The molecule has 3 heterocycles. The van der Waals surface area contributed by atoms with Crippen LogP contribution >= 0.6 is 11.3 Å². The molecule has 5 nitrogen and oxygen atoms in total. The Morgan fingerprint density at radius 1 is 1.08 bits per heavy atom. The van der Waals surface area contributed by atoms with E-state index in [0.29, 0.717) is 18.4 Å². The van der Waals surface area contributed by atoms with Crippen molar-refractivity contribution >= 4 is 29.1 Å². The Hall–Kier alpha value is -2.47. The number of imide groups is 1. The first-order valence-corrected chi connectivity index (χ1v) is 9.78. The average molecular weight is 368 g/mol. The molecular formula is C20H20N2O3S. The number of benzene rings is 1. The standard InChI is InChI=1S/C20H20N2O3S/c23-18-9-10-19(24)22(18)13-14-5-7-15(8-6-14)20(25)21-11-1-3-16(21)17-4-2-12-26-17/h2,4-8,12,16H,1,3,9-11,13H2/t16-/m0/s1. The van der Waals surface area contributed by atoms with Gasteiger partial charge in [0.15, 0.2) is 0 Å². The zero-order chi connectivity index (χ0) is 18.1. The summed E-state index contributed by atoms with van der Waals surface area (Å²) in [7, 11) is 0. The maximum absolute atomic E-state index is 12.9. The van der Waals surface area contributed by atoms with E-state index in [0.717, 1.165) is 24.9 Å². The van der Waals surface area contributed by atoms with Gasteiger partial charge in [-0.25, -0.2) is 0 Å². The predicted molar refractivity (Wildman–Crippen MR) is 98.6 cm³/mol. The van der Waals surface area contributed by atoms with Crippen LogP contribution in [0, 0.1) is 0 Å². The van der Waals surface area contributed by atoms with Crippen LogP contribution in [0.4, 0.5) is 0 Å². The molecule has 2 saturated heterocycles. The molecule has 2 aliphatic rings. The van der Waals surface area contributed by atoms with Gasteiger partial charge in [0, 0.05) is 29.8 Å². The molecule has 134 valence electrons. The predicted octanol–water partition coefficient (Wildman–Crippen LogP) is 3.37. The van der Waals surface area contributed by atoms with Gasteiger partial charge in [-0.15, -0.1) is 11.3 Å². The second kappa shape index (κ2) is 7.03. The molecule has 3 amide bonds. The number of carbonyl (C=O) groups excluding carboxylic acids is 3. The number of thiophene rings is 1. The normalized spacial score (nSPS) is 20.2. The number of hydrogen-bond donors (Lipinski definition) is 0. The number of amides is 3. The number of rotatable bonds is 4. The minimum Gasteiger partial charge on any atom is -0.331 e. The summed E-state index contributed by atoms with van der Waals surface area (Å²) in [5.74, 6) is -0.196. The highest BCUT2D eigenvalue weighted by molar-refractivity contribution is 7.10. The van der Waals surface area contributed by atoms with Gasteiger partial charge in [-0.2, -0.15) is 0 Å². The van der Waals surface area contributed by atoms with E-state index in [9.17, 15) is 14.4 Å². The molecular weight excluding hydrogens is 348 g/mol. The van der Waals surface area contributed by atoms with Crippen LogP contribution in [0.25, 0.3) is 0 Å². The Morgan fingerprint density at radius 3 is 2.46 bits per heavy atom. The lowest BCUT2D eigenvalue weighted by Gasteiger charge is -2.24. The summed E-state index contributed by atoms with van der Waals surface area (Å²) in [5, 5.41) is 2.05. The second-order valence-corrected chi connectivity index (χ2v) is 7.72. The van der Waals surface area contributed by atoms with E-state index in [1.807, 2.05) is 28.5 Å². The van der Waals surface area contributed by atoms with Gasteiger partial charge in [0.25, 0.3) is 5.91 Å². The summed E-state index contributed by atoms with van der Waals surface area (Å²) in [5.41, 5.74) is 1.51. The van der Waals surface area contributed by atoms with Gasteiger partial charge in [-0.05, 0) is 42.0 Å². The molecule has 2 aliphatic heterocycles. The molecule has 1 aromatic heterocycles. The van der Waals surface area contributed by atoms with Gasteiger partial charge in [-0.3, -0.25) is 19.3 Å². The van der Waals surface area contributed by atoms with Crippen molar-refractivity contribution in [3.63, 3.8) is 0 Å². The lowest BCUT2D eigenvalue weighted by atomic mass is 10.1. The summed E-state index contributed by atoms with van der Waals surface area (Å²) in [4.78, 5) is 40.9. The van der Waals surface area contributed by atoms with Crippen LogP contribution in [0.2, 0.25) is 0 Å². The molecule has 0 N–H and O–H groups in total. The molecule has 0 saturated carbocycles. The third-order valence-electron chi connectivity index (χ3n) is 5.08. The highest BCUT2D eigenvalue weighted by Gasteiger charge is 2.31. The fourth-order valence-corrected chi connectivity index (χ4v) is 4.56. The van der Waals surface area contributed by atoms with Crippen LogP contribution in [0.1, 0.15) is 52.5 Å². The van der Waals surface area contributed by atoms with Gasteiger partial charge in [0.1, 0.15) is 0 Å². The highest BCUT2D eigenvalue weighted by Crippen LogP contribution is 2.35. The fourth-order valence-electron chi connectivity index (χ4n) is 3.69. The van der Waals surface area contributed by atoms with Crippen molar-refractivity contribution < 1.29 is 14.4 Å². The smallest absolute Gasteiger partial charge is 0.254 e. The molecule has 6 heteroatoms. The first-order valence-electron chi connectivity index (χ1n) is 8.90. The minimum atomic E-state index is -0.119. The van der Waals surface area contributed by atoms with Crippen LogP contribution < -0.4 is 0 Å². The summed E-state index contributed by atoms with van der Waals surface area (Å²) in [6, 6.07) is 11.6. The molecule has 26 heavy (non-hydrogen) atoms. The lowest BCUT2D eigenvalue weighted by molar-refractivity contribution is -0.139. The number of carbonyl (C=O) groups is 3. The van der Waals surface area contributed by atoms with E-state index in [4.69, 9.17) is 0 Å². The Labute approximate surface area is 156 Å². The molecule has 0 aliphatic carbocycles. The largest absolute Gasteiger partial charge is 0.331 e. The Bertz CT molecular complexity index is 813. The van der Waals surface area contributed by atoms with Gasteiger partial charge >= 0.3 is 0 Å². The van der Waals surface area contributed by atoms with Crippen LogP contribution in [-0.2, 0) is 16.1 Å². The van der Waals surface area contributed by atoms with Crippen molar-refractivity contribution in [2.45, 2.75) is 38.3 Å². The highest BCUT2D eigenvalue weighted by atomic mass is 32.1. The van der Waals surface area contributed by atoms with Gasteiger partial charge in [0.2, 0.25) is 11.8 Å². The molecule has 1 aromatic carbocycles. The van der Waals surface area contributed by atoms with E-state index in [-0.39, 0.29) is 30.3 Å². The maximum Gasteiger partial charge on any atom is 0.254 e. The van der Waals surface area contributed by atoms with Crippen molar-refractivity contribution in [1.29, 1.82) is 0 Å². The Morgan fingerprint density at radius 2 is 1.81 bits per heavy atom. The van der Waals surface area contributed by atoms with Crippen molar-refractivity contribution in [2.75, 3.05) is 6.54 Å². The summed E-state index contributed by atoms with van der Waals surface area (Å²) >= 11 is 1.69. The third kappa shape index (κ3) is 3.17. The molecule has 2 fully saturated rings. The number of likely N-dealkylation sites (tertiary alicyclic amines) is 2. The zero-order valence-electron chi connectivity index (χ0n) is 14.4. The molecule has 4 rings (SSSR count). The van der Waals surface area contributed by atoms with Gasteiger partial charge in [0.05, 0.1) is 12.6 Å². The number of nitrogens with zero attached hydrogens (tertiary/aromatic N) is 2. The van der Waals surface area contributed by atoms with Crippen LogP contribution in [0.3, 0.4) is 0 Å². The van der Waals surface area contributed by atoms with Gasteiger partial charge < -0.3 is 4.90 Å². The van der Waals surface area contributed by atoms with Crippen molar-refractivity contribution in [1.82, 2.24) is 9.80 Å². The van der Waals surface area contributed by atoms with Crippen molar-refractivity contribution in [2.24, 2.45) is 0 Å². The van der Waals surface area contributed by atoms with E-state index < -0.39 is 0 Å². The van der Waals surface area contributed by atoms with E-state index >= 15 is 0 Å². The molecule has 0 radical (unpaired) electrons. The summed E-state index contributed by atoms with van der Waals surface area (Å²) in [6.07, 6.45) is 2.62. The second-order valence-electron chi connectivity index (χ2n) is 6.74. The zero-order valence-corrected chi connectivity index (χ0v) is 15.2. The number of hydrogen-bond acceptors (Lipinski definition) is 4. The lowest BCUT2D eigenvalue weighted by Crippen LogP contribution is -2.30.